The zero-order valence-electron chi connectivity index (χ0n) is 19.8. The maximum absolute atomic E-state index is 13.3. The van der Waals surface area contributed by atoms with Crippen molar-refractivity contribution in [2.75, 3.05) is 19.6 Å². The molecule has 1 amide bonds. The molecule has 5 atom stereocenters. The van der Waals surface area contributed by atoms with E-state index in [9.17, 15) is 9.18 Å². The number of benzene rings is 1. The summed E-state index contributed by atoms with van der Waals surface area (Å²) in [5, 5.41) is 3.42. The van der Waals surface area contributed by atoms with Gasteiger partial charge in [0, 0.05) is 43.5 Å². The Labute approximate surface area is 201 Å². The molecule has 0 bridgehead atoms. The molecule has 3 fully saturated rings. The molecule has 1 aliphatic carbocycles. The Morgan fingerprint density at radius 1 is 1.06 bits per heavy atom. The second-order valence-electron chi connectivity index (χ2n) is 10.2. The van der Waals surface area contributed by atoms with Gasteiger partial charge < -0.3 is 10.2 Å². The van der Waals surface area contributed by atoms with E-state index in [1.54, 1.807) is 0 Å². The van der Waals surface area contributed by atoms with Crippen LogP contribution in [0.5, 0.6) is 0 Å². The molecule has 1 aromatic heterocycles. The van der Waals surface area contributed by atoms with E-state index in [-0.39, 0.29) is 29.7 Å². The van der Waals surface area contributed by atoms with Crippen molar-refractivity contribution in [2.24, 2.45) is 11.8 Å². The summed E-state index contributed by atoms with van der Waals surface area (Å²) in [4.78, 5) is 19.9. The third-order valence-electron chi connectivity index (χ3n) is 7.92. The van der Waals surface area contributed by atoms with Crippen molar-refractivity contribution in [3.05, 3.63) is 65.7 Å². The Hall–Kier alpha value is -2.35. The Balaban J connectivity index is 1.15. The lowest BCUT2D eigenvalue weighted by Crippen LogP contribution is -2.47. The van der Waals surface area contributed by atoms with Crippen LogP contribution in [0.15, 0.2) is 48.8 Å². The first-order valence-corrected chi connectivity index (χ1v) is 12.8. The van der Waals surface area contributed by atoms with E-state index in [1.807, 2.05) is 24.5 Å². The lowest BCUT2D eigenvalue weighted by Gasteiger charge is -2.34. The predicted molar refractivity (Wildman–Crippen MR) is 130 cm³/mol. The standard InChI is InChI=1S/C27H36FN5O/c28-22-7-4-19(5-8-22)12-16-33-15-2-1-3-23(18-33)30-27(34)21-6-9-25-24(17-21)26(32-31-25)20-10-13-29-14-11-20/h4-5,7-8,10-11,13-14,21,23-26,31-32H,1-3,6,9,12,15-18H2,(H,30,34). The highest BCUT2D eigenvalue weighted by molar-refractivity contribution is 5.79. The number of aromatic nitrogens is 1. The zero-order chi connectivity index (χ0) is 23.3. The van der Waals surface area contributed by atoms with Crippen LogP contribution in [-0.4, -0.2) is 47.5 Å². The van der Waals surface area contributed by atoms with Gasteiger partial charge in [0.25, 0.3) is 0 Å². The zero-order valence-corrected chi connectivity index (χ0v) is 19.8. The molecule has 0 spiro atoms. The maximum Gasteiger partial charge on any atom is 0.223 e. The average molecular weight is 466 g/mol. The Morgan fingerprint density at radius 2 is 1.88 bits per heavy atom. The molecule has 2 saturated heterocycles. The van der Waals surface area contributed by atoms with Crippen LogP contribution in [0.25, 0.3) is 0 Å². The number of fused-ring (bicyclic) bond motifs is 1. The highest BCUT2D eigenvalue weighted by atomic mass is 19.1. The number of carbonyl (C=O) groups is 1. The molecule has 0 radical (unpaired) electrons. The Bertz CT molecular complexity index is 940. The van der Waals surface area contributed by atoms with E-state index in [4.69, 9.17) is 0 Å². The van der Waals surface area contributed by atoms with Crippen molar-refractivity contribution in [2.45, 2.75) is 63.1 Å². The normalized spacial score (nSPS) is 29.9. The molecule has 1 aromatic carbocycles. The highest BCUT2D eigenvalue weighted by Crippen LogP contribution is 2.40. The Kier molecular flexibility index (Phi) is 7.52. The van der Waals surface area contributed by atoms with Crippen LogP contribution < -0.4 is 16.2 Å². The number of hydrogen-bond acceptors (Lipinski definition) is 5. The maximum atomic E-state index is 13.3. The minimum absolute atomic E-state index is 0.0724. The van der Waals surface area contributed by atoms with E-state index in [0.717, 1.165) is 70.1 Å². The summed E-state index contributed by atoms with van der Waals surface area (Å²) in [5.74, 6) is 0.521. The molecule has 3 N–H and O–H groups in total. The van der Waals surface area contributed by atoms with E-state index in [1.165, 1.54) is 17.7 Å². The molecular weight excluding hydrogens is 429 g/mol. The molecule has 5 unspecified atom stereocenters. The molecule has 3 heterocycles. The highest BCUT2D eigenvalue weighted by Gasteiger charge is 2.42. The molecule has 6 nitrogen and oxygen atoms in total. The number of carbonyl (C=O) groups excluding carboxylic acids is 1. The molecule has 3 aliphatic rings. The molecule has 1 saturated carbocycles. The van der Waals surface area contributed by atoms with Gasteiger partial charge in [0.1, 0.15) is 5.82 Å². The monoisotopic (exact) mass is 465 g/mol. The first-order chi connectivity index (χ1) is 16.7. The number of nitrogens with one attached hydrogen (secondary N) is 3. The van der Waals surface area contributed by atoms with Crippen molar-refractivity contribution >= 4 is 5.91 Å². The van der Waals surface area contributed by atoms with Gasteiger partial charge in [0.15, 0.2) is 0 Å². The number of rotatable bonds is 6. The minimum atomic E-state index is -0.188. The Morgan fingerprint density at radius 3 is 2.71 bits per heavy atom. The lowest BCUT2D eigenvalue weighted by atomic mass is 9.74. The van der Waals surface area contributed by atoms with E-state index < -0.39 is 0 Å². The molecule has 7 heteroatoms. The topological polar surface area (TPSA) is 69.3 Å². The van der Waals surface area contributed by atoms with Gasteiger partial charge in [0.2, 0.25) is 5.91 Å². The second-order valence-corrected chi connectivity index (χ2v) is 10.2. The minimum Gasteiger partial charge on any atom is -0.352 e. The summed E-state index contributed by atoms with van der Waals surface area (Å²) in [6.45, 7) is 2.90. The number of halogens is 1. The molecular formula is C27H36FN5O. The third-order valence-corrected chi connectivity index (χ3v) is 7.92. The molecule has 2 aliphatic heterocycles. The van der Waals surface area contributed by atoms with Crippen LogP contribution in [0, 0.1) is 17.7 Å². The van der Waals surface area contributed by atoms with Gasteiger partial charge in [-0.15, -0.1) is 0 Å². The largest absolute Gasteiger partial charge is 0.352 e. The number of nitrogens with zero attached hydrogens (tertiary/aromatic N) is 2. The van der Waals surface area contributed by atoms with E-state index in [0.29, 0.717) is 12.0 Å². The summed E-state index contributed by atoms with van der Waals surface area (Å²) in [5.41, 5.74) is 9.32. The number of amides is 1. The number of likely N-dealkylation sites (tertiary alicyclic amines) is 1. The van der Waals surface area contributed by atoms with Crippen LogP contribution in [0.2, 0.25) is 0 Å². The van der Waals surface area contributed by atoms with Crippen LogP contribution in [0.1, 0.15) is 55.7 Å². The van der Waals surface area contributed by atoms with Crippen LogP contribution in [0.3, 0.4) is 0 Å². The first kappa shape index (κ1) is 23.4. The lowest BCUT2D eigenvalue weighted by molar-refractivity contribution is -0.127. The van der Waals surface area contributed by atoms with Crippen LogP contribution in [-0.2, 0) is 11.2 Å². The SMILES string of the molecule is O=C(NC1CCCCN(CCc2ccc(F)cc2)C1)C1CCC2NNC(c3ccncc3)C2C1. The molecule has 5 rings (SSSR count). The van der Waals surface area contributed by atoms with E-state index in [2.05, 4.69) is 38.2 Å². The third kappa shape index (κ3) is 5.65. The van der Waals surface area contributed by atoms with Crippen molar-refractivity contribution < 1.29 is 9.18 Å². The smallest absolute Gasteiger partial charge is 0.223 e. The predicted octanol–water partition coefficient (Wildman–Crippen LogP) is 3.37. The number of pyridine rings is 1. The summed E-state index contributed by atoms with van der Waals surface area (Å²) in [7, 11) is 0. The van der Waals surface area contributed by atoms with Gasteiger partial charge in [-0.05, 0) is 86.4 Å². The quantitative estimate of drug-likeness (QED) is 0.610. The molecule has 182 valence electrons. The van der Waals surface area contributed by atoms with Crippen LogP contribution in [0.4, 0.5) is 4.39 Å². The van der Waals surface area contributed by atoms with Gasteiger partial charge >= 0.3 is 0 Å². The molecule has 34 heavy (non-hydrogen) atoms. The second kappa shape index (κ2) is 10.9. The summed E-state index contributed by atoms with van der Waals surface area (Å²) in [6, 6.07) is 11.8. The van der Waals surface area contributed by atoms with Crippen molar-refractivity contribution in [1.29, 1.82) is 0 Å². The van der Waals surface area contributed by atoms with E-state index >= 15 is 0 Å². The fraction of sp³-hybridized carbons (Fsp3) is 0.556. The van der Waals surface area contributed by atoms with Gasteiger partial charge in [-0.3, -0.25) is 15.2 Å². The summed E-state index contributed by atoms with van der Waals surface area (Å²) < 4.78 is 13.2. The number of hydrazine groups is 1. The van der Waals surface area contributed by atoms with Crippen LogP contribution >= 0.6 is 0 Å². The fourth-order valence-corrected chi connectivity index (χ4v) is 5.99. The fourth-order valence-electron chi connectivity index (χ4n) is 5.99. The summed E-state index contributed by atoms with van der Waals surface area (Å²) in [6.07, 6.45) is 10.8. The first-order valence-electron chi connectivity index (χ1n) is 12.8. The van der Waals surface area contributed by atoms with Crippen molar-refractivity contribution in [1.82, 2.24) is 26.1 Å². The van der Waals surface area contributed by atoms with Gasteiger partial charge in [-0.25, -0.2) is 9.82 Å². The van der Waals surface area contributed by atoms with Crippen molar-refractivity contribution in [3.63, 3.8) is 0 Å². The van der Waals surface area contributed by atoms with Gasteiger partial charge in [0.05, 0.1) is 6.04 Å². The summed E-state index contributed by atoms with van der Waals surface area (Å²) >= 11 is 0. The molecule has 2 aromatic rings. The van der Waals surface area contributed by atoms with Gasteiger partial charge in [-0.1, -0.05) is 18.6 Å². The van der Waals surface area contributed by atoms with Gasteiger partial charge in [-0.2, -0.15) is 0 Å². The average Bonchev–Trinajstić information content (AvgIpc) is 3.16. The number of hydrogen-bond donors (Lipinski definition) is 3. The van der Waals surface area contributed by atoms with Crippen molar-refractivity contribution in [3.8, 4) is 0 Å².